The van der Waals surface area contributed by atoms with Crippen LogP contribution in [0.25, 0.3) is 0 Å². The second kappa shape index (κ2) is 12.5. The summed E-state index contributed by atoms with van der Waals surface area (Å²) in [6.07, 6.45) is 6.66. The molecule has 2 aromatic rings. The van der Waals surface area contributed by atoms with E-state index < -0.39 is 5.97 Å². The summed E-state index contributed by atoms with van der Waals surface area (Å²) < 4.78 is 6.02. The second-order valence-corrected chi connectivity index (χ2v) is 9.48. The van der Waals surface area contributed by atoms with E-state index in [0.29, 0.717) is 13.0 Å². The minimum atomic E-state index is -0.743. The molecule has 3 rings (SSSR count). The van der Waals surface area contributed by atoms with E-state index in [1.165, 1.54) is 0 Å². The van der Waals surface area contributed by atoms with Crippen LogP contribution in [0.15, 0.2) is 54.6 Å². The van der Waals surface area contributed by atoms with Gasteiger partial charge in [0.25, 0.3) is 0 Å². The highest BCUT2D eigenvalue weighted by molar-refractivity contribution is 8.01. The Labute approximate surface area is 195 Å². The molecule has 0 saturated carbocycles. The van der Waals surface area contributed by atoms with Gasteiger partial charge in [0, 0.05) is 13.0 Å². The predicted molar refractivity (Wildman–Crippen MR) is 129 cm³/mol. The largest absolute Gasteiger partial charge is 0.481 e. The Kier molecular flexibility index (Phi) is 9.47. The molecule has 0 aromatic heterocycles. The van der Waals surface area contributed by atoms with Crippen LogP contribution >= 0.6 is 11.8 Å². The summed E-state index contributed by atoms with van der Waals surface area (Å²) >= 11 is 1.75. The lowest BCUT2D eigenvalue weighted by molar-refractivity contribution is -0.137. The fraction of sp³-hybridized carbons (Fsp3) is 0.462. The number of carboxylic acids is 1. The minimum absolute atomic E-state index is 0.00524. The highest BCUT2D eigenvalue weighted by atomic mass is 32.2. The van der Waals surface area contributed by atoms with Crippen LogP contribution in [0.4, 0.5) is 0 Å². The number of carboxylic acid groups (broad SMARTS) is 1. The summed E-state index contributed by atoms with van der Waals surface area (Å²) in [5.74, 6) is 1.05. The van der Waals surface area contributed by atoms with Crippen molar-refractivity contribution in [1.29, 1.82) is 0 Å². The number of carbonyl (C=O) groups excluding carboxylic acids is 1. The summed E-state index contributed by atoms with van der Waals surface area (Å²) in [6, 6.07) is 17.8. The van der Waals surface area contributed by atoms with Gasteiger partial charge < -0.3 is 14.7 Å². The highest BCUT2D eigenvalue weighted by Gasteiger charge is 2.40. The maximum Gasteiger partial charge on any atom is 0.303 e. The molecule has 0 spiro atoms. The predicted octanol–water partition coefficient (Wildman–Crippen LogP) is 6.65. The first-order valence-corrected chi connectivity index (χ1v) is 12.5. The van der Waals surface area contributed by atoms with Gasteiger partial charge in [-0.05, 0) is 49.1 Å². The van der Waals surface area contributed by atoms with Gasteiger partial charge in [-0.25, -0.2) is 0 Å². The van der Waals surface area contributed by atoms with Crippen molar-refractivity contribution in [2.45, 2.75) is 68.9 Å². The molecule has 2 aromatic carbocycles. The first kappa shape index (κ1) is 24.2. The molecule has 2 unspecified atom stereocenters. The van der Waals surface area contributed by atoms with Crippen LogP contribution < -0.4 is 4.74 Å². The lowest BCUT2D eigenvalue weighted by atomic mass is 10.1. The number of para-hydroxylation sites is 1. The van der Waals surface area contributed by atoms with Gasteiger partial charge >= 0.3 is 5.97 Å². The number of benzene rings is 2. The van der Waals surface area contributed by atoms with Crippen LogP contribution in [-0.2, 0) is 9.59 Å². The lowest BCUT2D eigenvalue weighted by Crippen LogP contribution is -2.32. The second-order valence-electron chi connectivity index (χ2n) is 8.20. The van der Waals surface area contributed by atoms with Crippen LogP contribution in [0.5, 0.6) is 11.5 Å². The fourth-order valence-electron chi connectivity index (χ4n) is 3.92. The summed E-state index contributed by atoms with van der Waals surface area (Å²) in [6.45, 7) is 2.86. The van der Waals surface area contributed by atoms with E-state index in [2.05, 4.69) is 13.0 Å². The third-order valence-electron chi connectivity index (χ3n) is 5.62. The maximum absolute atomic E-state index is 13.2. The van der Waals surface area contributed by atoms with Crippen molar-refractivity contribution in [3.05, 3.63) is 60.2 Å². The molecule has 2 atom stereocenters. The van der Waals surface area contributed by atoms with Crippen LogP contribution in [0, 0.1) is 0 Å². The molecule has 1 aliphatic heterocycles. The van der Waals surface area contributed by atoms with Crippen molar-refractivity contribution in [3.8, 4) is 11.5 Å². The number of hydrogen-bond donors (Lipinski definition) is 1. The molecule has 1 aliphatic rings. The number of carbonyl (C=O) groups is 2. The van der Waals surface area contributed by atoms with E-state index in [0.717, 1.165) is 55.6 Å². The molecule has 1 heterocycles. The zero-order valence-corrected chi connectivity index (χ0v) is 19.6. The Bertz CT molecular complexity index is 873. The van der Waals surface area contributed by atoms with E-state index in [1.54, 1.807) is 11.8 Å². The summed E-state index contributed by atoms with van der Waals surface area (Å²) in [5, 5.41) is 8.78. The van der Waals surface area contributed by atoms with Gasteiger partial charge in [0.15, 0.2) is 0 Å². The molecule has 5 nitrogen and oxygen atoms in total. The van der Waals surface area contributed by atoms with Crippen molar-refractivity contribution < 1.29 is 19.4 Å². The molecular formula is C26H33NO4S. The molecule has 0 aliphatic carbocycles. The molecule has 32 heavy (non-hydrogen) atoms. The normalized spacial score (nSPS) is 18.2. The number of rotatable bonds is 13. The van der Waals surface area contributed by atoms with Crippen molar-refractivity contribution in [1.82, 2.24) is 4.90 Å². The number of ether oxygens (including phenoxy) is 1. The van der Waals surface area contributed by atoms with E-state index in [9.17, 15) is 9.59 Å². The van der Waals surface area contributed by atoms with Gasteiger partial charge in [0.05, 0.1) is 5.25 Å². The fourth-order valence-corrected chi connectivity index (χ4v) is 5.45. The molecule has 0 radical (unpaired) electrons. The SMILES string of the molecule is CCCCC1SC(c2cccc(Oc3ccccc3)c2)N(CCCCCCC(=O)O)C1=O. The number of thioether (sulfide) groups is 1. The van der Waals surface area contributed by atoms with Crippen molar-refractivity contribution in [3.63, 3.8) is 0 Å². The van der Waals surface area contributed by atoms with Gasteiger partial charge in [-0.1, -0.05) is 62.9 Å². The van der Waals surface area contributed by atoms with Crippen LogP contribution in [0.3, 0.4) is 0 Å². The summed E-state index contributed by atoms with van der Waals surface area (Å²) in [4.78, 5) is 25.9. The third kappa shape index (κ3) is 7.02. The van der Waals surface area contributed by atoms with E-state index in [4.69, 9.17) is 9.84 Å². The van der Waals surface area contributed by atoms with Gasteiger partial charge in [-0.3, -0.25) is 9.59 Å². The standard InChI is InChI=1S/C26H33NO4S/c1-2-3-16-23-25(30)27(18-10-5-4-9-17-24(28)29)26(32-23)20-12-11-15-22(19-20)31-21-13-7-6-8-14-21/h6-8,11-15,19,23,26H,2-5,9-10,16-18H2,1H3,(H,28,29). The number of hydrogen-bond acceptors (Lipinski definition) is 4. The molecule has 6 heteroatoms. The number of nitrogens with zero attached hydrogens (tertiary/aromatic N) is 1. The molecule has 1 amide bonds. The van der Waals surface area contributed by atoms with Crippen LogP contribution in [-0.4, -0.2) is 33.7 Å². The zero-order chi connectivity index (χ0) is 22.8. The summed E-state index contributed by atoms with van der Waals surface area (Å²) in [7, 11) is 0. The molecule has 1 fully saturated rings. The molecule has 0 bridgehead atoms. The first-order valence-electron chi connectivity index (χ1n) is 11.6. The van der Waals surface area contributed by atoms with Crippen LogP contribution in [0.2, 0.25) is 0 Å². The Hall–Kier alpha value is -2.47. The summed E-state index contributed by atoms with van der Waals surface area (Å²) in [5.41, 5.74) is 1.08. The van der Waals surface area contributed by atoms with Gasteiger partial charge in [-0.15, -0.1) is 11.8 Å². The Morgan fingerprint density at radius 3 is 2.50 bits per heavy atom. The van der Waals surface area contributed by atoms with Crippen LogP contribution in [0.1, 0.15) is 69.2 Å². The Balaban J connectivity index is 1.67. The monoisotopic (exact) mass is 455 g/mol. The van der Waals surface area contributed by atoms with E-state index in [-0.39, 0.29) is 23.0 Å². The molecular weight excluding hydrogens is 422 g/mol. The molecule has 172 valence electrons. The average Bonchev–Trinajstić information content (AvgIpc) is 3.10. The quantitative estimate of drug-likeness (QED) is 0.343. The van der Waals surface area contributed by atoms with E-state index >= 15 is 0 Å². The third-order valence-corrected chi connectivity index (χ3v) is 7.17. The van der Waals surface area contributed by atoms with Gasteiger partial charge in [-0.2, -0.15) is 0 Å². The van der Waals surface area contributed by atoms with Gasteiger partial charge in [0.1, 0.15) is 16.9 Å². The zero-order valence-electron chi connectivity index (χ0n) is 18.7. The number of aliphatic carboxylic acids is 1. The average molecular weight is 456 g/mol. The van der Waals surface area contributed by atoms with Crippen molar-refractivity contribution in [2.24, 2.45) is 0 Å². The lowest BCUT2D eigenvalue weighted by Gasteiger charge is -2.24. The first-order chi connectivity index (χ1) is 15.6. The van der Waals surface area contributed by atoms with Crippen molar-refractivity contribution in [2.75, 3.05) is 6.54 Å². The smallest absolute Gasteiger partial charge is 0.303 e. The van der Waals surface area contributed by atoms with Gasteiger partial charge in [0.2, 0.25) is 5.91 Å². The Morgan fingerprint density at radius 1 is 1.00 bits per heavy atom. The Morgan fingerprint density at radius 2 is 1.75 bits per heavy atom. The molecule has 1 N–H and O–H groups in total. The molecule has 1 saturated heterocycles. The minimum Gasteiger partial charge on any atom is -0.481 e. The maximum atomic E-state index is 13.2. The number of unbranched alkanes of at least 4 members (excludes halogenated alkanes) is 4. The highest BCUT2D eigenvalue weighted by Crippen LogP contribution is 2.45. The van der Waals surface area contributed by atoms with Crippen molar-refractivity contribution >= 4 is 23.6 Å². The topological polar surface area (TPSA) is 66.8 Å². The van der Waals surface area contributed by atoms with E-state index in [1.807, 2.05) is 53.4 Å². The number of amides is 1.